The Morgan fingerprint density at radius 3 is 2.56 bits per heavy atom. The molecule has 144 valence electrons. The molecule has 0 N–H and O–H groups in total. The Bertz CT molecular complexity index is 791. The quantitative estimate of drug-likeness (QED) is 0.663. The third-order valence-electron chi connectivity index (χ3n) is 3.77. The highest BCUT2D eigenvalue weighted by molar-refractivity contribution is 5.91. The average Bonchev–Trinajstić information content (AvgIpc) is 2.66. The Kier molecular flexibility index (Phi) is 7.34. The number of carbonyl (C=O) groups excluding carboxylic acids is 2. The van der Waals surface area contributed by atoms with E-state index in [4.69, 9.17) is 9.47 Å². The topological polar surface area (TPSA) is 55.8 Å². The first-order valence-electron chi connectivity index (χ1n) is 8.74. The Hall–Kier alpha value is -2.89. The van der Waals surface area contributed by atoms with E-state index in [9.17, 15) is 14.0 Å². The van der Waals surface area contributed by atoms with Crippen molar-refractivity contribution in [1.29, 1.82) is 0 Å². The van der Waals surface area contributed by atoms with Crippen molar-refractivity contribution in [2.24, 2.45) is 5.92 Å². The van der Waals surface area contributed by atoms with Gasteiger partial charge >= 0.3 is 5.97 Å². The monoisotopic (exact) mass is 373 g/mol. The van der Waals surface area contributed by atoms with Crippen molar-refractivity contribution >= 4 is 11.9 Å². The van der Waals surface area contributed by atoms with Crippen LogP contribution in [0.1, 0.15) is 29.8 Å². The van der Waals surface area contributed by atoms with E-state index in [2.05, 4.69) is 0 Å². The molecule has 1 amide bonds. The van der Waals surface area contributed by atoms with Gasteiger partial charge in [-0.2, -0.15) is 0 Å². The lowest BCUT2D eigenvalue weighted by Gasteiger charge is -2.17. The van der Waals surface area contributed by atoms with Crippen molar-refractivity contribution in [2.75, 3.05) is 20.3 Å². The van der Waals surface area contributed by atoms with Crippen LogP contribution in [0.5, 0.6) is 5.75 Å². The maximum atomic E-state index is 13.7. The molecule has 0 spiro atoms. The summed E-state index contributed by atoms with van der Waals surface area (Å²) < 4.78 is 24.3. The van der Waals surface area contributed by atoms with Crippen LogP contribution in [0.15, 0.2) is 48.5 Å². The SMILES string of the molecule is CC(C)COc1cccc(C(=O)OCC(=O)N(C)Cc2ccccc2F)c1. The molecule has 0 bridgehead atoms. The van der Waals surface area contributed by atoms with Crippen molar-refractivity contribution in [3.05, 3.63) is 65.5 Å². The molecule has 0 fully saturated rings. The molecule has 0 aromatic heterocycles. The summed E-state index contributed by atoms with van der Waals surface area (Å²) in [5.41, 5.74) is 0.704. The van der Waals surface area contributed by atoms with Gasteiger partial charge in [0.25, 0.3) is 5.91 Å². The molecular weight excluding hydrogens is 349 g/mol. The second-order valence-electron chi connectivity index (χ2n) is 6.65. The highest BCUT2D eigenvalue weighted by atomic mass is 19.1. The summed E-state index contributed by atoms with van der Waals surface area (Å²) in [7, 11) is 1.53. The highest BCUT2D eigenvalue weighted by Crippen LogP contribution is 2.15. The third-order valence-corrected chi connectivity index (χ3v) is 3.77. The van der Waals surface area contributed by atoms with Gasteiger partial charge in [-0.1, -0.05) is 38.1 Å². The highest BCUT2D eigenvalue weighted by Gasteiger charge is 2.15. The van der Waals surface area contributed by atoms with Gasteiger partial charge in [0, 0.05) is 19.2 Å². The molecule has 0 aliphatic carbocycles. The molecule has 0 atom stereocenters. The number of esters is 1. The van der Waals surface area contributed by atoms with Crippen LogP contribution in [-0.2, 0) is 16.1 Å². The number of hydrogen-bond acceptors (Lipinski definition) is 4. The number of likely N-dealkylation sites (N-methyl/N-ethyl adjacent to an activating group) is 1. The van der Waals surface area contributed by atoms with Gasteiger partial charge in [0.1, 0.15) is 11.6 Å². The van der Waals surface area contributed by atoms with Gasteiger partial charge in [0.05, 0.1) is 12.2 Å². The number of halogens is 1. The predicted molar refractivity (Wildman–Crippen MR) is 99.9 cm³/mol. The van der Waals surface area contributed by atoms with Crippen molar-refractivity contribution in [1.82, 2.24) is 4.90 Å². The molecule has 0 saturated carbocycles. The molecule has 2 aromatic rings. The molecule has 2 rings (SSSR count). The summed E-state index contributed by atoms with van der Waals surface area (Å²) in [6.07, 6.45) is 0. The maximum Gasteiger partial charge on any atom is 0.338 e. The summed E-state index contributed by atoms with van der Waals surface area (Å²) >= 11 is 0. The fourth-order valence-electron chi connectivity index (χ4n) is 2.27. The number of hydrogen-bond donors (Lipinski definition) is 0. The van der Waals surface area contributed by atoms with Crippen LogP contribution in [0.3, 0.4) is 0 Å². The van der Waals surface area contributed by atoms with Crippen molar-refractivity contribution in [3.8, 4) is 5.75 Å². The van der Waals surface area contributed by atoms with Gasteiger partial charge in [-0.15, -0.1) is 0 Å². The fraction of sp³-hybridized carbons (Fsp3) is 0.333. The first kappa shape index (κ1) is 20.4. The van der Waals surface area contributed by atoms with Gasteiger partial charge in [-0.25, -0.2) is 9.18 Å². The van der Waals surface area contributed by atoms with Crippen LogP contribution in [0, 0.1) is 11.7 Å². The summed E-state index contributed by atoms with van der Waals surface area (Å²) in [5, 5.41) is 0. The van der Waals surface area contributed by atoms with Crippen LogP contribution in [0.2, 0.25) is 0 Å². The largest absolute Gasteiger partial charge is 0.493 e. The lowest BCUT2D eigenvalue weighted by atomic mass is 10.2. The number of ether oxygens (including phenoxy) is 2. The van der Waals surface area contributed by atoms with Crippen molar-refractivity contribution in [3.63, 3.8) is 0 Å². The van der Waals surface area contributed by atoms with E-state index in [1.165, 1.54) is 18.0 Å². The van der Waals surface area contributed by atoms with E-state index in [-0.39, 0.29) is 12.4 Å². The lowest BCUT2D eigenvalue weighted by Crippen LogP contribution is -2.31. The standard InChI is InChI=1S/C21H24FNO4/c1-15(2)13-26-18-9-6-8-16(11-18)21(25)27-14-20(24)23(3)12-17-7-4-5-10-19(17)22/h4-11,15H,12-14H2,1-3H3. The Morgan fingerprint density at radius 2 is 1.85 bits per heavy atom. The average molecular weight is 373 g/mol. The molecular formula is C21H24FNO4. The molecule has 27 heavy (non-hydrogen) atoms. The van der Waals surface area contributed by atoms with Crippen LogP contribution in [-0.4, -0.2) is 37.0 Å². The van der Waals surface area contributed by atoms with Crippen molar-refractivity contribution < 1.29 is 23.5 Å². The van der Waals surface area contributed by atoms with Crippen LogP contribution in [0.25, 0.3) is 0 Å². The Labute approximate surface area is 158 Å². The first-order valence-corrected chi connectivity index (χ1v) is 8.74. The minimum absolute atomic E-state index is 0.0988. The molecule has 0 saturated heterocycles. The Morgan fingerprint density at radius 1 is 1.11 bits per heavy atom. The smallest absolute Gasteiger partial charge is 0.338 e. The molecule has 6 heteroatoms. The van der Waals surface area contributed by atoms with E-state index >= 15 is 0 Å². The molecule has 0 heterocycles. The second kappa shape index (κ2) is 9.71. The number of carbonyl (C=O) groups is 2. The van der Waals surface area contributed by atoms with Crippen LogP contribution in [0.4, 0.5) is 4.39 Å². The van der Waals surface area contributed by atoms with E-state index in [0.717, 1.165) is 0 Å². The zero-order valence-corrected chi connectivity index (χ0v) is 15.8. The van der Waals surface area contributed by atoms with Gasteiger partial charge in [0.2, 0.25) is 0 Å². The predicted octanol–water partition coefficient (Wildman–Crippen LogP) is 3.68. The normalized spacial score (nSPS) is 10.6. The fourth-order valence-corrected chi connectivity index (χ4v) is 2.27. The van der Waals surface area contributed by atoms with E-state index in [1.807, 2.05) is 13.8 Å². The van der Waals surface area contributed by atoms with Crippen LogP contribution < -0.4 is 4.74 Å². The van der Waals surface area contributed by atoms with Gasteiger partial charge in [0.15, 0.2) is 6.61 Å². The minimum Gasteiger partial charge on any atom is -0.493 e. The minimum atomic E-state index is -0.613. The van der Waals surface area contributed by atoms with Gasteiger partial charge in [-0.05, 0) is 30.2 Å². The molecule has 0 unspecified atom stereocenters. The van der Waals surface area contributed by atoms with Crippen molar-refractivity contribution in [2.45, 2.75) is 20.4 Å². The summed E-state index contributed by atoms with van der Waals surface area (Å²) in [6.45, 7) is 4.28. The zero-order chi connectivity index (χ0) is 19.8. The zero-order valence-electron chi connectivity index (χ0n) is 15.8. The first-order chi connectivity index (χ1) is 12.9. The number of amides is 1. The maximum absolute atomic E-state index is 13.7. The summed E-state index contributed by atoms with van der Waals surface area (Å²) in [5.74, 6) is -0.479. The van der Waals surface area contributed by atoms with Gasteiger partial charge < -0.3 is 14.4 Å². The lowest BCUT2D eigenvalue weighted by molar-refractivity contribution is -0.133. The molecule has 0 aliphatic heterocycles. The van der Waals surface area contributed by atoms with E-state index < -0.39 is 18.5 Å². The van der Waals surface area contributed by atoms with Crippen LogP contribution >= 0.6 is 0 Å². The molecule has 5 nitrogen and oxygen atoms in total. The molecule has 0 radical (unpaired) electrons. The Balaban J connectivity index is 1.88. The second-order valence-corrected chi connectivity index (χ2v) is 6.65. The summed E-state index contributed by atoms with van der Waals surface area (Å²) in [4.78, 5) is 25.6. The molecule has 0 aliphatic rings. The number of benzene rings is 2. The van der Waals surface area contributed by atoms with E-state index in [0.29, 0.717) is 29.4 Å². The third kappa shape index (κ3) is 6.40. The molecule has 2 aromatic carbocycles. The van der Waals surface area contributed by atoms with E-state index in [1.54, 1.807) is 42.5 Å². The van der Waals surface area contributed by atoms with Gasteiger partial charge in [-0.3, -0.25) is 4.79 Å². The number of rotatable bonds is 8. The number of nitrogens with zero attached hydrogens (tertiary/aromatic N) is 1. The summed E-state index contributed by atoms with van der Waals surface area (Å²) in [6, 6.07) is 12.9.